The van der Waals surface area contributed by atoms with Crippen LogP contribution >= 0.6 is 11.3 Å². The van der Waals surface area contributed by atoms with E-state index in [2.05, 4.69) is 22.5 Å². The van der Waals surface area contributed by atoms with Crippen LogP contribution in [0.4, 0.5) is 10.9 Å². The zero-order chi connectivity index (χ0) is 11.7. The normalized spacial score (nSPS) is 23.6. The number of nitrogens with two attached hydrogens (primary N) is 1. The molecule has 0 bridgehead atoms. The first-order chi connectivity index (χ1) is 7.60. The van der Waals surface area contributed by atoms with Crippen molar-refractivity contribution in [3.8, 4) is 0 Å². The molecular formula is C10H16N4OS. The third-order valence-corrected chi connectivity index (χ3v) is 3.87. The van der Waals surface area contributed by atoms with Crippen molar-refractivity contribution in [1.29, 1.82) is 0 Å². The fraction of sp³-hybridized carbons (Fsp3) is 0.600. The standard InChI is InChI=1S/C10H16N4OS/c1-5-3-6(4-5)13-9(15)7-8(11)14-10(12-2)16-7/h5-6H,3-4,11H2,1-2H3,(H,12,14)(H,13,15). The summed E-state index contributed by atoms with van der Waals surface area (Å²) in [6, 6.07) is 0.307. The maximum atomic E-state index is 11.9. The summed E-state index contributed by atoms with van der Waals surface area (Å²) in [5.74, 6) is 0.921. The van der Waals surface area contributed by atoms with E-state index in [0.29, 0.717) is 21.9 Å². The molecule has 0 spiro atoms. The molecule has 0 aromatic carbocycles. The second kappa shape index (κ2) is 4.29. The van der Waals surface area contributed by atoms with E-state index in [0.717, 1.165) is 18.8 Å². The Kier molecular flexibility index (Phi) is 3.00. The SMILES string of the molecule is CNc1nc(N)c(C(=O)NC2CC(C)C2)s1. The molecule has 0 unspecified atom stereocenters. The number of nitrogen functional groups attached to an aromatic ring is 1. The highest BCUT2D eigenvalue weighted by Crippen LogP contribution is 2.28. The van der Waals surface area contributed by atoms with Crippen LogP contribution in [0.25, 0.3) is 0 Å². The van der Waals surface area contributed by atoms with Crippen molar-refractivity contribution < 1.29 is 4.79 Å². The number of amides is 1. The topological polar surface area (TPSA) is 80.0 Å². The minimum absolute atomic E-state index is 0.103. The highest BCUT2D eigenvalue weighted by atomic mass is 32.1. The minimum atomic E-state index is -0.103. The molecule has 2 rings (SSSR count). The first kappa shape index (κ1) is 11.2. The predicted molar refractivity (Wildman–Crippen MR) is 65.7 cm³/mol. The Labute approximate surface area is 98.4 Å². The van der Waals surface area contributed by atoms with E-state index in [1.54, 1.807) is 7.05 Å². The van der Waals surface area contributed by atoms with Crippen molar-refractivity contribution in [2.75, 3.05) is 18.1 Å². The first-order valence-electron chi connectivity index (χ1n) is 5.35. The van der Waals surface area contributed by atoms with E-state index in [1.165, 1.54) is 11.3 Å². The molecule has 0 saturated heterocycles. The first-order valence-corrected chi connectivity index (χ1v) is 6.16. The second-order valence-corrected chi connectivity index (χ2v) is 5.23. The molecule has 4 N–H and O–H groups in total. The van der Waals surface area contributed by atoms with Gasteiger partial charge in [-0.2, -0.15) is 0 Å². The van der Waals surface area contributed by atoms with Gasteiger partial charge in [-0.15, -0.1) is 0 Å². The van der Waals surface area contributed by atoms with Gasteiger partial charge in [0.1, 0.15) is 10.7 Å². The van der Waals surface area contributed by atoms with Gasteiger partial charge in [0.25, 0.3) is 5.91 Å². The highest BCUT2D eigenvalue weighted by molar-refractivity contribution is 7.18. The van der Waals surface area contributed by atoms with Crippen LogP contribution in [-0.4, -0.2) is 24.0 Å². The fourth-order valence-corrected chi connectivity index (χ4v) is 2.61. The number of rotatable bonds is 3. The van der Waals surface area contributed by atoms with Crippen LogP contribution in [0.15, 0.2) is 0 Å². The molecule has 0 aliphatic heterocycles. The molecule has 1 aliphatic rings. The fourth-order valence-electron chi connectivity index (χ4n) is 1.87. The van der Waals surface area contributed by atoms with E-state index in [4.69, 9.17) is 5.73 Å². The molecule has 1 aromatic rings. The van der Waals surface area contributed by atoms with Crippen LogP contribution in [0.5, 0.6) is 0 Å². The Morgan fingerprint density at radius 1 is 1.56 bits per heavy atom. The lowest BCUT2D eigenvalue weighted by atomic mass is 9.82. The number of hydrogen-bond acceptors (Lipinski definition) is 5. The Morgan fingerprint density at radius 3 is 2.75 bits per heavy atom. The summed E-state index contributed by atoms with van der Waals surface area (Å²) in [7, 11) is 1.76. The van der Waals surface area contributed by atoms with E-state index in [-0.39, 0.29) is 5.91 Å². The van der Waals surface area contributed by atoms with Gasteiger partial charge in [0.15, 0.2) is 5.13 Å². The van der Waals surface area contributed by atoms with Crippen LogP contribution in [0.2, 0.25) is 0 Å². The van der Waals surface area contributed by atoms with Gasteiger partial charge in [0, 0.05) is 13.1 Å². The van der Waals surface area contributed by atoms with Gasteiger partial charge in [-0.05, 0) is 18.8 Å². The summed E-state index contributed by atoms with van der Waals surface area (Å²) in [5, 5.41) is 6.51. The number of nitrogens with zero attached hydrogens (tertiary/aromatic N) is 1. The third kappa shape index (κ3) is 2.11. The smallest absolute Gasteiger partial charge is 0.265 e. The number of nitrogens with one attached hydrogen (secondary N) is 2. The zero-order valence-electron chi connectivity index (χ0n) is 9.41. The van der Waals surface area contributed by atoms with Crippen molar-refractivity contribution >= 4 is 28.2 Å². The summed E-state index contributed by atoms with van der Waals surface area (Å²) in [6.07, 6.45) is 2.12. The zero-order valence-corrected chi connectivity index (χ0v) is 10.2. The molecule has 1 aliphatic carbocycles. The Bertz CT molecular complexity index is 398. The van der Waals surface area contributed by atoms with Gasteiger partial charge in [0.05, 0.1) is 0 Å². The molecular weight excluding hydrogens is 224 g/mol. The number of carbonyl (C=O) groups is 1. The molecule has 0 atom stereocenters. The van der Waals surface area contributed by atoms with Crippen molar-refractivity contribution in [3.63, 3.8) is 0 Å². The molecule has 5 nitrogen and oxygen atoms in total. The Morgan fingerprint density at radius 2 is 2.25 bits per heavy atom. The second-order valence-electron chi connectivity index (χ2n) is 4.23. The van der Waals surface area contributed by atoms with Gasteiger partial charge < -0.3 is 16.4 Å². The summed E-state index contributed by atoms with van der Waals surface area (Å²) < 4.78 is 0. The predicted octanol–water partition coefficient (Wildman–Crippen LogP) is 1.30. The van der Waals surface area contributed by atoms with Crippen LogP contribution < -0.4 is 16.4 Å². The molecule has 1 fully saturated rings. The van der Waals surface area contributed by atoms with E-state index < -0.39 is 0 Å². The van der Waals surface area contributed by atoms with Gasteiger partial charge >= 0.3 is 0 Å². The van der Waals surface area contributed by atoms with Crippen LogP contribution in [-0.2, 0) is 0 Å². The quantitative estimate of drug-likeness (QED) is 0.744. The van der Waals surface area contributed by atoms with Gasteiger partial charge in [-0.25, -0.2) is 4.98 Å². The Hall–Kier alpha value is -1.30. The Balaban J connectivity index is 2.00. The van der Waals surface area contributed by atoms with Crippen molar-refractivity contribution in [2.24, 2.45) is 5.92 Å². The van der Waals surface area contributed by atoms with Crippen molar-refractivity contribution in [3.05, 3.63) is 4.88 Å². The third-order valence-electron chi connectivity index (χ3n) is 2.78. The molecule has 1 heterocycles. The maximum absolute atomic E-state index is 11.9. The molecule has 16 heavy (non-hydrogen) atoms. The number of aromatic nitrogens is 1. The van der Waals surface area contributed by atoms with Crippen LogP contribution in [0.3, 0.4) is 0 Å². The summed E-state index contributed by atoms with van der Waals surface area (Å²) in [6.45, 7) is 2.18. The summed E-state index contributed by atoms with van der Waals surface area (Å²) in [5.41, 5.74) is 5.68. The van der Waals surface area contributed by atoms with Crippen LogP contribution in [0.1, 0.15) is 29.4 Å². The van der Waals surface area contributed by atoms with Gasteiger partial charge in [-0.3, -0.25) is 4.79 Å². The molecule has 1 saturated carbocycles. The molecule has 1 aromatic heterocycles. The summed E-state index contributed by atoms with van der Waals surface area (Å²) >= 11 is 1.29. The van der Waals surface area contributed by atoms with Crippen molar-refractivity contribution in [1.82, 2.24) is 10.3 Å². The molecule has 1 amide bonds. The van der Waals surface area contributed by atoms with Gasteiger partial charge in [0.2, 0.25) is 0 Å². The van der Waals surface area contributed by atoms with Crippen LogP contribution in [0, 0.1) is 5.92 Å². The maximum Gasteiger partial charge on any atom is 0.265 e. The lowest BCUT2D eigenvalue weighted by molar-refractivity contribution is 0.0901. The minimum Gasteiger partial charge on any atom is -0.382 e. The highest BCUT2D eigenvalue weighted by Gasteiger charge is 2.28. The number of thiazole rings is 1. The number of carbonyl (C=O) groups excluding carboxylic acids is 1. The lowest BCUT2D eigenvalue weighted by Crippen LogP contribution is -2.43. The van der Waals surface area contributed by atoms with E-state index >= 15 is 0 Å². The largest absolute Gasteiger partial charge is 0.382 e. The lowest BCUT2D eigenvalue weighted by Gasteiger charge is -2.33. The average molecular weight is 240 g/mol. The molecule has 6 heteroatoms. The average Bonchev–Trinajstić information content (AvgIpc) is 2.57. The number of anilines is 2. The van der Waals surface area contributed by atoms with Crippen molar-refractivity contribution in [2.45, 2.75) is 25.8 Å². The monoisotopic (exact) mass is 240 g/mol. The van der Waals surface area contributed by atoms with E-state index in [1.807, 2.05) is 0 Å². The molecule has 0 radical (unpaired) electrons. The number of hydrogen-bond donors (Lipinski definition) is 3. The summed E-state index contributed by atoms with van der Waals surface area (Å²) in [4.78, 5) is 16.4. The molecule has 88 valence electrons. The van der Waals surface area contributed by atoms with Gasteiger partial charge in [-0.1, -0.05) is 18.3 Å². The van der Waals surface area contributed by atoms with E-state index in [9.17, 15) is 4.79 Å².